The van der Waals surface area contributed by atoms with Crippen molar-refractivity contribution in [2.75, 3.05) is 6.61 Å². The van der Waals surface area contributed by atoms with Crippen LogP contribution in [0.1, 0.15) is 43.0 Å². The Bertz CT molecular complexity index is 357. The molecule has 0 N–H and O–H groups in total. The van der Waals surface area contributed by atoms with E-state index in [-0.39, 0.29) is 5.97 Å². The van der Waals surface area contributed by atoms with E-state index in [1.165, 1.54) is 6.42 Å². The predicted octanol–water partition coefficient (Wildman–Crippen LogP) is 4.73. The zero-order valence-electron chi connectivity index (χ0n) is 9.84. The van der Waals surface area contributed by atoms with E-state index in [4.69, 9.17) is 27.9 Å². The largest absolute Gasteiger partial charge is 0.462 e. The lowest BCUT2D eigenvalue weighted by Gasteiger charge is -2.05. The highest BCUT2D eigenvalue weighted by Gasteiger charge is 2.08. The molecule has 0 bridgehead atoms. The van der Waals surface area contributed by atoms with Crippen LogP contribution in [0.25, 0.3) is 0 Å². The van der Waals surface area contributed by atoms with Crippen molar-refractivity contribution < 1.29 is 9.53 Å². The lowest BCUT2D eigenvalue weighted by molar-refractivity contribution is 0.0498. The molecule has 0 amide bonds. The molecule has 4 heteroatoms. The maximum absolute atomic E-state index is 11.6. The summed E-state index contributed by atoms with van der Waals surface area (Å²) >= 11 is 11.6. The molecule has 0 fully saturated rings. The lowest BCUT2D eigenvalue weighted by atomic mass is 10.2. The molecule has 1 rings (SSSR count). The summed E-state index contributed by atoms with van der Waals surface area (Å²) in [6, 6.07) is 4.70. The summed E-state index contributed by atoms with van der Waals surface area (Å²) in [5.41, 5.74) is 0.401. The molecule has 1 aromatic carbocycles. The maximum Gasteiger partial charge on any atom is 0.338 e. The zero-order valence-corrected chi connectivity index (χ0v) is 11.4. The second-order valence-electron chi connectivity index (χ2n) is 3.85. The smallest absolute Gasteiger partial charge is 0.338 e. The number of esters is 1. The Morgan fingerprint density at radius 1 is 1.12 bits per heavy atom. The second kappa shape index (κ2) is 7.57. The molecule has 0 atom stereocenters. The minimum absolute atomic E-state index is 0.370. The van der Waals surface area contributed by atoms with Crippen LogP contribution in [-0.2, 0) is 4.74 Å². The van der Waals surface area contributed by atoms with Gasteiger partial charge in [-0.1, -0.05) is 49.4 Å². The van der Waals surface area contributed by atoms with Crippen LogP contribution in [0, 0.1) is 0 Å². The van der Waals surface area contributed by atoms with E-state index >= 15 is 0 Å². The van der Waals surface area contributed by atoms with E-state index < -0.39 is 0 Å². The summed E-state index contributed by atoms with van der Waals surface area (Å²) in [4.78, 5) is 11.6. The van der Waals surface area contributed by atoms with E-state index in [1.54, 1.807) is 18.2 Å². The SMILES string of the molecule is CCCCCCOC(=O)c1cc(Cl)cc(Cl)c1. The molecule has 0 aliphatic carbocycles. The molecule has 0 aromatic heterocycles. The number of hydrogen-bond donors (Lipinski definition) is 0. The minimum Gasteiger partial charge on any atom is -0.462 e. The normalized spacial score (nSPS) is 10.3. The van der Waals surface area contributed by atoms with Crippen LogP contribution < -0.4 is 0 Å². The molecule has 0 aliphatic rings. The monoisotopic (exact) mass is 274 g/mol. The van der Waals surface area contributed by atoms with Crippen LogP contribution in [0.3, 0.4) is 0 Å². The molecule has 0 aliphatic heterocycles. The van der Waals surface area contributed by atoms with Gasteiger partial charge in [0, 0.05) is 10.0 Å². The van der Waals surface area contributed by atoms with E-state index in [0.717, 1.165) is 19.3 Å². The molecule has 1 aromatic rings. The Morgan fingerprint density at radius 2 is 1.76 bits per heavy atom. The van der Waals surface area contributed by atoms with Gasteiger partial charge in [0.2, 0.25) is 0 Å². The minimum atomic E-state index is -0.370. The first kappa shape index (κ1) is 14.3. The molecule has 0 spiro atoms. The fraction of sp³-hybridized carbons (Fsp3) is 0.462. The molecular weight excluding hydrogens is 259 g/mol. The van der Waals surface area contributed by atoms with Crippen molar-refractivity contribution in [3.63, 3.8) is 0 Å². The van der Waals surface area contributed by atoms with E-state index in [9.17, 15) is 4.79 Å². The Hall–Kier alpha value is -0.730. The van der Waals surface area contributed by atoms with Gasteiger partial charge in [-0.3, -0.25) is 0 Å². The summed E-state index contributed by atoms with van der Waals surface area (Å²) in [5.74, 6) is -0.370. The predicted molar refractivity (Wildman–Crippen MR) is 70.9 cm³/mol. The van der Waals surface area contributed by atoms with Gasteiger partial charge in [-0.2, -0.15) is 0 Å². The second-order valence-corrected chi connectivity index (χ2v) is 4.73. The first-order chi connectivity index (χ1) is 8.13. The summed E-state index contributed by atoms with van der Waals surface area (Å²) in [6.45, 7) is 2.59. The van der Waals surface area contributed by atoms with Crippen molar-refractivity contribution >= 4 is 29.2 Å². The van der Waals surface area contributed by atoms with Crippen LogP contribution in [0.2, 0.25) is 10.0 Å². The van der Waals surface area contributed by atoms with Crippen LogP contribution >= 0.6 is 23.2 Å². The van der Waals surface area contributed by atoms with Crippen molar-refractivity contribution in [1.82, 2.24) is 0 Å². The van der Waals surface area contributed by atoms with Crippen molar-refractivity contribution in [3.05, 3.63) is 33.8 Å². The summed E-state index contributed by atoms with van der Waals surface area (Å²) in [6.07, 6.45) is 4.31. The topological polar surface area (TPSA) is 26.3 Å². The first-order valence-electron chi connectivity index (χ1n) is 5.76. The number of benzene rings is 1. The van der Waals surface area contributed by atoms with Crippen LogP contribution in [0.15, 0.2) is 18.2 Å². The summed E-state index contributed by atoms with van der Waals surface area (Å²) < 4.78 is 5.13. The third-order valence-corrected chi connectivity index (χ3v) is 2.77. The zero-order chi connectivity index (χ0) is 12.7. The van der Waals surface area contributed by atoms with Crippen LogP contribution in [0.5, 0.6) is 0 Å². The number of rotatable bonds is 6. The van der Waals surface area contributed by atoms with Gasteiger partial charge >= 0.3 is 5.97 Å². The van der Waals surface area contributed by atoms with Crippen molar-refractivity contribution in [2.24, 2.45) is 0 Å². The van der Waals surface area contributed by atoms with Gasteiger partial charge in [0.15, 0.2) is 0 Å². The molecule has 94 valence electrons. The van der Waals surface area contributed by atoms with E-state index in [0.29, 0.717) is 22.2 Å². The number of hydrogen-bond acceptors (Lipinski definition) is 2. The molecule has 2 nitrogen and oxygen atoms in total. The van der Waals surface area contributed by atoms with Crippen molar-refractivity contribution in [2.45, 2.75) is 32.6 Å². The Labute approximate surface area is 112 Å². The highest BCUT2D eigenvalue weighted by Crippen LogP contribution is 2.19. The molecule has 17 heavy (non-hydrogen) atoms. The maximum atomic E-state index is 11.6. The van der Waals surface area contributed by atoms with Crippen LogP contribution in [-0.4, -0.2) is 12.6 Å². The van der Waals surface area contributed by atoms with E-state index in [1.807, 2.05) is 0 Å². The van der Waals surface area contributed by atoms with Gasteiger partial charge in [0.1, 0.15) is 0 Å². The van der Waals surface area contributed by atoms with Gasteiger partial charge in [-0.15, -0.1) is 0 Å². The standard InChI is InChI=1S/C13H16Cl2O2/c1-2-3-4-5-6-17-13(16)10-7-11(14)9-12(15)8-10/h7-9H,2-6H2,1H3. The average Bonchev–Trinajstić information content (AvgIpc) is 2.27. The third-order valence-electron chi connectivity index (χ3n) is 2.33. The van der Waals surface area contributed by atoms with Gasteiger partial charge in [-0.25, -0.2) is 4.79 Å². The molecule has 0 radical (unpaired) electrons. The number of halogens is 2. The quantitative estimate of drug-likeness (QED) is 0.554. The number of unbranched alkanes of at least 4 members (excludes halogenated alkanes) is 3. The van der Waals surface area contributed by atoms with Crippen LogP contribution in [0.4, 0.5) is 0 Å². The number of carbonyl (C=O) groups is 1. The Balaban J connectivity index is 2.41. The van der Waals surface area contributed by atoms with Crippen molar-refractivity contribution in [3.8, 4) is 0 Å². The first-order valence-corrected chi connectivity index (χ1v) is 6.52. The van der Waals surface area contributed by atoms with Crippen molar-refractivity contribution in [1.29, 1.82) is 0 Å². The Morgan fingerprint density at radius 3 is 2.35 bits per heavy atom. The molecule has 0 heterocycles. The molecular formula is C13H16Cl2O2. The summed E-state index contributed by atoms with van der Waals surface area (Å²) in [5, 5.41) is 0.880. The summed E-state index contributed by atoms with van der Waals surface area (Å²) in [7, 11) is 0. The lowest BCUT2D eigenvalue weighted by Crippen LogP contribution is -2.06. The number of carbonyl (C=O) groups excluding carboxylic acids is 1. The van der Waals surface area contributed by atoms with Gasteiger partial charge < -0.3 is 4.74 Å². The van der Waals surface area contributed by atoms with Gasteiger partial charge in [0.25, 0.3) is 0 Å². The number of ether oxygens (including phenoxy) is 1. The average molecular weight is 275 g/mol. The third kappa shape index (κ3) is 5.42. The molecule has 0 unspecified atom stereocenters. The molecule has 0 saturated carbocycles. The highest BCUT2D eigenvalue weighted by molar-refractivity contribution is 6.35. The highest BCUT2D eigenvalue weighted by atomic mass is 35.5. The van der Waals surface area contributed by atoms with Gasteiger partial charge in [-0.05, 0) is 24.6 Å². The fourth-order valence-corrected chi connectivity index (χ4v) is 1.97. The molecule has 0 saturated heterocycles. The Kier molecular flexibility index (Phi) is 6.38. The van der Waals surface area contributed by atoms with Gasteiger partial charge in [0.05, 0.1) is 12.2 Å². The fourth-order valence-electron chi connectivity index (χ4n) is 1.45. The van der Waals surface area contributed by atoms with E-state index in [2.05, 4.69) is 6.92 Å².